The molecular weight excluding hydrogens is 331 g/mol. The first-order valence-corrected chi connectivity index (χ1v) is 7.99. The minimum absolute atomic E-state index is 0.0725. The molecule has 3 rings (SSSR count). The highest BCUT2D eigenvalue weighted by Crippen LogP contribution is 2.34. The van der Waals surface area contributed by atoms with Crippen LogP contribution in [-0.4, -0.2) is 13.1 Å². The van der Waals surface area contributed by atoms with Gasteiger partial charge in [0.15, 0.2) is 0 Å². The van der Waals surface area contributed by atoms with Crippen LogP contribution in [-0.2, 0) is 6.42 Å². The van der Waals surface area contributed by atoms with Crippen LogP contribution in [0, 0.1) is 5.82 Å². The molecule has 21 heavy (non-hydrogen) atoms. The summed E-state index contributed by atoms with van der Waals surface area (Å²) in [6.45, 7) is 1.49. The molecule has 0 saturated carbocycles. The second-order valence-corrected chi connectivity index (χ2v) is 6.21. The number of rotatable bonds is 3. The second-order valence-electron chi connectivity index (χ2n) is 5.35. The molecule has 2 aromatic rings. The first kappa shape index (κ1) is 14.5. The van der Waals surface area contributed by atoms with Crippen molar-refractivity contribution in [3.63, 3.8) is 0 Å². The van der Waals surface area contributed by atoms with Gasteiger partial charge < -0.3 is 10.6 Å². The van der Waals surface area contributed by atoms with Crippen molar-refractivity contribution in [1.29, 1.82) is 0 Å². The third-order valence-electron chi connectivity index (χ3n) is 4.07. The number of aryl methyl sites for hydroxylation is 1. The van der Waals surface area contributed by atoms with Crippen molar-refractivity contribution in [1.82, 2.24) is 0 Å². The van der Waals surface area contributed by atoms with Gasteiger partial charge in [0.25, 0.3) is 0 Å². The second kappa shape index (κ2) is 6.16. The lowest BCUT2D eigenvalue weighted by Gasteiger charge is -2.38. The molecule has 0 amide bonds. The van der Waals surface area contributed by atoms with E-state index in [-0.39, 0.29) is 11.9 Å². The molecular formula is C17H18BrFN2. The number of nitrogens with zero attached hydrogens (tertiary/aromatic N) is 1. The van der Waals surface area contributed by atoms with Crippen molar-refractivity contribution in [3.05, 3.63) is 63.9 Å². The monoisotopic (exact) mass is 348 g/mol. The highest BCUT2D eigenvalue weighted by Gasteiger charge is 2.24. The first-order valence-electron chi connectivity index (χ1n) is 7.20. The Bertz CT molecular complexity index is 644. The van der Waals surface area contributed by atoms with Crippen molar-refractivity contribution < 1.29 is 4.39 Å². The molecule has 4 heteroatoms. The van der Waals surface area contributed by atoms with Crippen LogP contribution in [0.15, 0.2) is 46.9 Å². The number of halogens is 2. The Morgan fingerprint density at radius 1 is 1.24 bits per heavy atom. The lowest BCUT2D eigenvalue weighted by Crippen LogP contribution is -2.37. The molecule has 0 saturated heterocycles. The van der Waals surface area contributed by atoms with E-state index in [1.165, 1.54) is 17.3 Å². The van der Waals surface area contributed by atoms with E-state index in [2.05, 4.69) is 45.1 Å². The van der Waals surface area contributed by atoms with Crippen molar-refractivity contribution in [2.75, 3.05) is 18.0 Å². The Labute approximate surface area is 132 Å². The summed E-state index contributed by atoms with van der Waals surface area (Å²) in [5.41, 5.74) is 9.69. The number of para-hydroxylation sites is 1. The van der Waals surface area contributed by atoms with Gasteiger partial charge in [0, 0.05) is 18.8 Å². The lowest BCUT2D eigenvalue weighted by atomic mass is 9.97. The summed E-state index contributed by atoms with van der Waals surface area (Å²) < 4.78 is 13.9. The van der Waals surface area contributed by atoms with Gasteiger partial charge in [-0.15, -0.1) is 0 Å². The summed E-state index contributed by atoms with van der Waals surface area (Å²) in [7, 11) is 0. The average Bonchev–Trinajstić information content (AvgIpc) is 2.52. The zero-order valence-electron chi connectivity index (χ0n) is 11.7. The Kier molecular flexibility index (Phi) is 4.27. The summed E-state index contributed by atoms with van der Waals surface area (Å²) in [6.07, 6.45) is 2.23. The van der Waals surface area contributed by atoms with Gasteiger partial charge in [-0.25, -0.2) is 4.39 Å². The van der Waals surface area contributed by atoms with Gasteiger partial charge >= 0.3 is 0 Å². The molecule has 2 N–H and O–H groups in total. The van der Waals surface area contributed by atoms with Crippen LogP contribution in [0.2, 0.25) is 0 Å². The third-order valence-corrected chi connectivity index (χ3v) is 4.68. The summed E-state index contributed by atoms with van der Waals surface area (Å²) >= 11 is 3.26. The summed E-state index contributed by atoms with van der Waals surface area (Å²) in [4.78, 5) is 2.35. The molecule has 0 aliphatic carbocycles. The number of benzene rings is 2. The van der Waals surface area contributed by atoms with Crippen LogP contribution >= 0.6 is 15.9 Å². The smallest absolute Gasteiger partial charge is 0.137 e. The highest BCUT2D eigenvalue weighted by atomic mass is 79.9. The predicted molar refractivity (Wildman–Crippen MR) is 88.0 cm³/mol. The zero-order valence-corrected chi connectivity index (χ0v) is 13.3. The van der Waals surface area contributed by atoms with Crippen molar-refractivity contribution in [3.8, 4) is 0 Å². The number of hydrogen-bond acceptors (Lipinski definition) is 2. The number of hydrogen-bond donors (Lipinski definition) is 1. The Morgan fingerprint density at radius 2 is 2.05 bits per heavy atom. The quantitative estimate of drug-likeness (QED) is 0.906. The minimum Gasteiger partial charge on any atom is -0.363 e. The van der Waals surface area contributed by atoms with Crippen LogP contribution in [0.3, 0.4) is 0 Å². The van der Waals surface area contributed by atoms with E-state index in [1.807, 2.05) is 12.1 Å². The van der Waals surface area contributed by atoms with Crippen LogP contribution in [0.1, 0.15) is 23.6 Å². The van der Waals surface area contributed by atoms with Crippen LogP contribution in [0.5, 0.6) is 0 Å². The molecule has 1 atom stereocenters. The Morgan fingerprint density at radius 3 is 2.81 bits per heavy atom. The van der Waals surface area contributed by atoms with E-state index in [1.54, 1.807) is 0 Å². The summed E-state index contributed by atoms with van der Waals surface area (Å²) in [5, 5.41) is 0. The van der Waals surface area contributed by atoms with E-state index in [9.17, 15) is 4.39 Å². The summed E-state index contributed by atoms with van der Waals surface area (Å²) in [5.74, 6) is -0.242. The molecule has 0 spiro atoms. The van der Waals surface area contributed by atoms with E-state index >= 15 is 0 Å². The molecule has 1 aliphatic heterocycles. The van der Waals surface area contributed by atoms with Crippen LogP contribution in [0.4, 0.5) is 10.1 Å². The van der Waals surface area contributed by atoms with Gasteiger partial charge in [-0.2, -0.15) is 0 Å². The van der Waals surface area contributed by atoms with Crippen molar-refractivity contribution in [2.45, 2.75) is 18.9 Å². The first-order chi connectivity index (χ1) is 10.2. The third kappa shape index (κ3) is 2.83. The fourth-order valence-electron chi connectivity index (χ4n) is 3.05. The van der Waals surface area contributed by atoms with Gasteiger partial charge in [-0.05, 0) is 58.1 Å². The topological polar surface area (TPSA) is 29.3 Å². The van der Waals surface area contributed by atoms with Gasteiger partial charge in [-0.3, -0.25) is 0 Å². The fourth-order valence-corrected chi connectivity index (χ4v) is 3.45. The number of anilines is 1. The Balaban J connectivity index is 1.99. The zero-order chi connectivity index (χ0) is 14.8. The minimum atomic E-state index is -0.242. The molecule has 0 bridgehead atoms. The van der Waals surface area contributed by atoms with Crippen LogP contribution < -0.4 is 10.6 Å². The SMILES string of the molecule is NCC(c1ccc(F)c(Br)c1)N1CCCc2ccccc21. The van der Waals surface area contributed by atoms with E-state index in [0.717, 1.165) is 24.9 Å². The molecule has 2 nitrogen and oxygen atoms in total. The van der Waals surface area contributed by atoms with E-state index < -0.39 is 0 Å². The predicted octanol–water partition coefficient (Wildman–Crippen LogP) is 4.04. The molecule has 110 valence electrons. The summed E-state index contributed by atoms with van der Waals surface area (Å²) in [6, 6.07) is 13.7. The van der Waals surface area contributed by atoms with Gasteiger partial charge in [-0.1, -0.05) is 24.3 Å². The maximum Gasteiger partial charge on any atom is 0.137 e. The van der Waals surface area contributed by atoms with E-state index in [0.29, 0.717) is 11.0 Å². The molecule has 0 radical (unpaired) electrons. The van der Waals surface area contributed by atoms with Crippen LogP contribution in [0.25, 0.3) is 0 Å². The molecule has 1 aliphatic rings. The van der Waals surface area contributed by atoms with Gasteiger partial charge in [0.1, 0.15) is 5.82 Å². The largest absolute Gasteiger partial charge is 0.363 e. The molecule has 0 aromatic heterocycles. The average molecular weight is 349 g/mol. The van der Waals surface area contributed by atoms with Gasteiger partial charge in [0.2, 0.25) is 0 Å². The highest BCUT2D eigenvalue weighted by molar-refractivity contribution is 9.10. The maximum atomic E-state index is 13.5. The molecule has 0 fully saturated rings. The Hall–Kier alpha value is -1.39. The normalized spacial score (nSPS) is 15.7. The van der Waals surface area contributed by atoms with Crippen molar-refractivity contribution >= 4 is 21.6 Å². The fraction of sp³-hybridized carbons (Fsp3) is 0.294. The van der Waals surface area contributed by atoms with Crippen molar-refractivity contribution in [2.24, 2.45) is 5.73 Å². The molecule has 1 unspecified atom stereocenters. The van der Waals surface area contributed by atoms with E-state index in [4.69, 9.17) is 5.73 Å². The number of fused-ring (bicyclic) bond motifs is 1. The molecule has 2 aromatic carbocycles. The lowest BCUT2D eigenvalue weighted by molar-refractivity contribution is 0.582. The standard InChI is InChI=1S/C17H18BrFN2/c18-14-10-13(7-8-15(14)19)17(11-20)21-9-3-5-12-4-1-2-6-16(12)21/h1-2,4,6-8,10,17H,3,5,9,11,20H2. The molecule has 1 heterocycles. The maximum absolute atomic E-state index is 13.5. The van der Waals surface area contributed by atoms with Gasteiger partial charge in [0.05, 0.1) is 10.5 Å². The number of nitrogens with two attached hydrogens (primary N) is 1.